The third kappa shape index (κ3) is 11.7. The number of hydrogen-bond acceptors (Lipinski definition) is 14. The van der Waals surface area contributed by atoms with Gasteiger partial charge in [-0.1, -0.05) is 135 Å². The molecule has 4 unspecified atom stereocenters. The first-order valence-corrected chi connectivity index (χ1v) is 45.8. The zero-order valence-electron chi connectivity index (χ0n) is 42.0. The molecule has 0 aromatic carbocycles. The molecule has 10 aliphatic rings. The van der Waals surface area contributed by atoms with Crippen LogP contribution in [0.3, 0.4) is 0 Å². The molecule has 3 heterocycles. The summed E-state index contributed by atoms with van der Waals surface area (Å²) in [4.78, 5) is 28.6. The van der Waals surface area contributed by atoms with E-state index in [-0.39, 0.29) is 38.8 Å². The van der Waals surface area contributed by atoms with Crippen LogP contribution in [-0.4, -0.2) is 79.5 Å². The average molecular weight is 1170 g/mol. The summed E-state index contributed by atoms with van der Waals surface area (Å²) in [5, 5.41) is 0. The van der Waals surface area contributed by atoms with Crippen LogP contribution in [0.2, 0.25) is 58.4 Å². The van der Waals surface area contributed by atoms with Gasteiger partial charge in [-0.2, -0.15) is 0 Å². The van der Waals surface area contributed by atoms with E-state index in [1.807, 2.05) is 0 Å². The van der Waals surface area contributed by atoms with E-state index in [0.717, 1.165) is 212 Å². The van der Waals surface area contributed by atoms with Crippen LogP contribution in [0.15, 0.2) is 0 Å². The van der Waals surface area contributed by atoms with Gasteiger partial charge in [-0.05, 0) is 110 Å². The van der Waals surface area contributed by atoms with Gasteiger partial charge in [0.1, 0.15) is 0 Å². The molecule has 0 amide bonds. The Balaban J connectivity index is 0.00000188. The molecule has 0 radical (unpaired) electrons. The molecule has 0 spiro atoms. The van der Waals surface area contributed by atoms with E-state index in [1.54, 1.807) is 0 Å². The van der Waals surface area contributed by atoms with Crippen molar-refractivity contribution in [2.45, 2.75) is 283 Å². The number of rotatable bonds is 9. The molecule has 3 aliphatic heterocycles. The van der Waals surface area contributed by atoms with E-state index in [2.05, 4.69) is 19.6 Å². The van der Waals surface area contributed by atoms with Crippen LogP contribution in [0, 0.1) is 0 Å². The van der Waals surface area contributed by atoms with E-state index < -0.39 is 88.4 Å². The monoisotopic (exact) mass is 1170 g/mol. The van der Waals surface area contributed by atoms with Crippen LogP contribution in [0.25, 0.3) is 0 Å². The summed E-state index contributed by atoms with van der Waals surface area (Å²) < 4.78 is 99.6. The van der Waals surface area contributed by atoms with Gasteiger partial charge in [-0.15, -0.1) is 0 Å². The summed E-state index contributed by atoms with van der Waals surface area (Å²) in [5.74, 6) is 0. The second-order valence-corrected chi connectivity index (χ2v) is 50.8. The van der Waals surface area contributed by atoms with Gasteiger partial charge in [0.2, 0.25) is 0 Å². The summed E-state index contributed by atoms with van der Waals surface area (Å²) in [6.07, 6.45) is 35.0. The van der Waals surface area contributed by atoms with E-state index in [9.17, 15) is 9.59 Å². The summed E-state index contributed by atoms with van der Waals surface area (Å²) in [5.41, 5.74) is -0.724. The summed E-state index contributed by atoms with van der Waals surface area (Å²) in [6.45, 7) is 6.83. The first-order valence-electron chi connectivity index (χ1n) is 28.1. The second kappa shape index (κ2) is 23.0. The Morgan fingerprint density at radius 2 is 0.544 bits per heavy atom. The molecule has 4 bridgehead atoms. The molecule has 3 saturated heterocycles. The molecule has 2 N–H and O–H groups in total. The normalized spacial score (nSPS) is 42.1. The Bertz CT molecular complexity index is 1610. The molecule has 0 aromatic heterocycles. The zero-order chi connectivity index (χ0) is 47.6. The van der Waals surface area contributed by atoms with Crippen LogP contribution < -0.4 is 0 Å². The van der Waals surface area contributed by atoms with Gasteiger partial charge in [-0.3, -0.25) is 0 Å². The first kappa shape index (κ1) is 54.3. The van der Waals surface area contributed by atoms with Crippen LogP contribution in [0.5, 0.6) is 0 Å². The maximum absolute atomic E-state index is 14.3. The minimum absolute atomic E-state index is 0.00428. The van der Waals surface area contributed by atoms with Gasteiger partial charge in [0.15, 0.2) is 8.32 Å². The van der Waals surface area contributed by atoms with Crippen LogP contribution in [0.4, 0.5) is 0 Å². The average Bonchev–Trinajstić information content (AvgIpc) is 3.34. The third-order valence-corrected chi connectivity index (χ3v) is 53.1. The van der Waals surface area contributed by atoms with Gasteiger partial charge in [0.05, 0.1) is 0 Å². The fourth-order valence-corrected chi connectivity index (χ4v) is 62.0. The van der Waals surface area contributed by atoms with E-state index >= 15 is 0 Å². The predicted molar refractivity (Wildman–Crippen MR) is 268 cm³/mol. The summed E-state index contributed by atoms with van der Waals surface area (Å²) in [6, 6.07) is 0. The minimum atomic E-state index is -4.37. The van der Waals surface area contributed by atoms with Crippen molar-refractivity contribution in [1.82, 2.24) is 0 Å². The molecule has 10 rings (SSSR count). The van der Waals surface area contributed by atoms with Crippen LogP contribution >= 0.6 is 0 Å². The molecule has 23 heteroatoms. The van der Waals surface area contributed by atoms with Crippen molar-refractivity contribution in [2.75, 3.05) is 0 Å². The molecule has 14 nitrogen and oxygen atoms in total. The number of hydrogen-bond donors (Lipinski definition) is 2. The van der Waals surface area contributed by atoms with Crippen molar-refractivity contribution in [1.29, 1.82) is 0 Å². The summed E-state index contributed by atoms with van der Waals surface area (Å²) in [7, 11) is -31.9. The van der Waals surface area contributed by atoms with Crippen molar-refractivity contribution in [3.63, 3.8) is 0 Å². The van der Waals surface area contributed by atoms with E-state index in [0.29, 0.717) is 0 Å². The molecule has 4 atom stereocenters. The van der Waals surface area contributed by atoms with Gasteiger partial charge in [-0.25, -0.2) is 0 Å². The van der Waals surface area contributed by atoms with Crippen molar-refractivity contribution in [3.05, 3.63) is 0 Å². The quantitative estimate of drug-likeness (QED) is 0.209. The SMILES string of the molecule is C[Si](C)(C)O[Si]1(C2CCCCC2)O[Si]2(C3CCCCC3)O[Si](O)(C3CCCCC3)O[Si]3(C4CCCCC4)O[Si](O)(C4CCCCC4)O[Si](C4CCCCC4)(O1)O[Si](C1CCCCC1)(O3)O2.[O]=[Mo]=[O]. The Morgan fingerprint density at radius 3 is 0.794 bits per heavy atom. The predicted octanol–water partition coefficient (Wildman–Crippen LogP) is 12.7. The van der Waals surface area contributed by atoms with Gasteiger partial charge < -0.3 is 50.7 Å². The Labute approximate surface area is 426 Å². The fraction of sp³-hybridized carbons (Fsp3) is 1.00. The maximum atomic E-state index is 14.3. The van der Waals surface area contributed by atoms with E-state index in [4.69, 9.17) is 47.9 Å². The Morgan fingerprint density at radius 1 is 0.338 bits per heavy atom. The molecular formula is C45H88MoO14Si8. The van der Waals surface area contributed by atoms with Crippen LogP contribution in [-0.2, 0) is 66.4 Å². The molecule has 0 aromatic rings. The molecule has 10 fully saturated rings. The number of fused-ring (bicyclic) bond motifs is 3. The Kier molecular flexibility index (Phi) is 18.4. The standard InChI is InChI=1S/C45H88O12Si8.Mo.2O/c1-58(2,3)48-61(41-29-15-6-16-30-41)53-63(43-33-19-8-20-34-43)51-59(46,39-25-11-4-12-26-39)49-62(42-31-17-7-18-32-42)50-60(47,40-27-13-5-14-28-40)52-64(54-61,44-35-21-9-22-36-44)57-65(55-62,56-63)45-37-23-10-24-38-45;;;/h39-47H,4-38H2,1-3H3;;;. The van der Waals surface area contributed by atoms with Crippen molar-refractivity contribution in [3.8, 4) is 0 Å². The second-order valence-electron chi connectivity index (χ2n) is 23.8. The van der Waals surface area contributed by atoms with Crippen molar-refractivity contribution >= 4 is 69.9 Å². The topological polar surface area (TPSA) is 167 Å². The summed E-state index contributed by atoms with van der Waals surface area (Å²) >= 11 is -2.03. The third-order valence-electron chi connectivity index (χ3n) is 17.8. The first-order chi connectivity index (χ1) is 32.7. The van der Waals surface area contributed by atoms with Gasteiger partial charge in [0, 0.05) is 38.8 Å². The van der Waals surface area contributed by atoms with Crippen LogP contribution in [0.1, 0.15) is 225 Å². The van der Waals surface area contributed by atoms with Crippen molar-refractivity contribution in [2.24, 2.45) is 0 Å². The zero-order valence-corrected chi connectivity index (χ0v) is 52.0. The molecule has 68 heavy (non-hydrogen) atoms. The molecular weight excluding hydrogens is 1090 g/mol. The van der Waals surface area contributed by atoms with Gasteiger partial charge in [0.25, 0.3) is 0 Å². The Hall–Kier alpha value is 1.54. The molecule has 7 aliphatic carbocycles. The fourth-order valence-electron chi connectivity index (χ4n) is 14.4. The van der Waals surface area contributed by atoms with Crippen molar-refractivity contribution < 1.29 is 76.0 Å². The van der Waals surface area contributed by atoms with Gasteiger partial charge >= 0.3 is 86.9 Å². The molecule has 390 valence electrons. The molecule has 7 saturated carbocycles. The van der Waals surface area contributed by atoms with E-state index in [1.165, 1.54) is 12.8 Å².